The molecule has 0 aliphatic carbocycles. The zero-order chi connectivity index (χ0) is 22.5. The largest absolute Gasteiger partial charge is 0.493 e. The van der Waals surface area contributed by atoms with Gasteiger partial charge in [0.15, 0.2) is 11.5 Å². The third kappa shape index (κ3) is 5.11. The standard InChI is InChI=1S/C23H26ClNO6/c1-14(7-10-21(27)28)12-25-18-9-8-15(24)11-17(18)22(31-13-20(25)26)16-5-4-6-19(29-2)23(16)30-3/h4-6,8-9,11,14,22H,7,10,12-13H2,1-3H3,(H,27,28). The van der Waals surface area contributed by atoms with Crippen LogP contribution in [0.25, 0.3) is 0 Å². The molecule has 0 aromatic heterocycles. The van der Waals surface area contributed by atoms with E-state index in [0.717, 1.165) is 11.1 Å². The van der Waals surface area contributed by atoms with Crippen molar-refractivity contribution in [1.82, 2.24) is 0 Å². The van der Waals surface area contributed by atoms with Crippen LogP contribution in [0.1, 0.15) is 37.0 Å². The number of halogens is 1. The van der Waals surface area contributed by atoms with Gasteiger partial charge >= 0.3 is 5.97 Å². The van der Waals surface area contributed by atoms with Gasteiger partial charge in [-0.1, -0.05) is 30.7 Å². The lowest BCUT2D eigenvalue weighted by Crippen LogP contribution is -2.36. The Bertz CT molecular complexity index is 963. The SMILES string of the molecule is COc1cccc(C2OCC(=O)N(CC(C)CCC(=O)O)c3ccc(Cl)cc32)c1OC. The van der Waals surface area contributed by atoms with E-state index in [1.165, 1.54) is 0 Å². The van der Waals surface area contributed by atoms with Crippen LogP contribution in [0, 0.1) is 5.92 Å². The van der Waals surface area contributed by atoms with Gasteiger partial charge in [-0.25, -0.2) is 0 Å². The third-order valence-electron chi connectivity index (χ3n) is 5.30. The van der Waals surface area contributed by atoms with Gasteiger partial charge in [-0.05, 0) is 36.6 Å². The monoisotopic (exact) mass is 447 g/mol. The second-order valence-electron chi connectivity index (χ2n) is 7.52. The van der Waals surface area contributed by atoms with E-state index in [1.54, 1.807) is 43.4 Å². The summed E-state index contributed by atoms with van der Waals surface area (Å²) in [5.41, 5.74) is 2.14. The summed E-state index contributed by atoms with van der Waals surface area (Å²) in [6.45, 7) is 2.18. The van der Waals surface area contributed by atoms with Crippen molar-refractivity contribution in [2.75, 3.05) is 32.3 Å². The molecule has 0 bridgehead atoms. The molecule has 0 radical (unpaired) electrons. The molecular weight excluding hydrogens is 422 g/mol. The number of carboxylic acid groups (broad SMARTS) is 1. The van der Waals surface area contributed by atoms with Crippen molar-refractivity contribution >= 4 is 29.2 Å². The van der Waals surface area contributed by atoms with Crippen LogP contribution in [0.15, 0.2) is 36.4 Å². The number of carboxylic acids is 1. The summed E-state index contributed by atoms with van der Waals surface area (Å²) in [5.74, 6) is 0.0230. The lowest BCUT2D eigenvalue weighted by atomic mass is 9.97. The molecule has 0 spiro atoms. The number of aliphatic carboxylic acids is 1. The molecule has 0 saturated heterocycles. The molecule has 2 aromatic rings. The van der Waals surface area contributed by atoms with Crippen molar-refractivity contribution in [3.63, 3.8) is 0 Å². The Kier molecular flexibility index (Phi) is 7.41. The number of hydrogen-bond acceptors (Lipinski definition) is 5. The molecule has 3 rings (SSSR count). The number of fused-ring (bicyclic) bond motifs is 1. The highest BCUT2D eigenvalue weighted by atomic mass is 35.5. The predicted octanol–water partition coefficient (Wildman–Crippen LogP) is 4.31. The fraction of sp³-hybridized carbons (Fsp3) is 0.391. The highest BCUT2D eigenvalue weighted by Gasteiger charge is 2.32. The lowest BCUT2D eigenvalue weighted by molar-refractivity contribution is -0.137. The summed E-state index contributed by atoms with van der Waals surface area (Å²) in [5, 5.41) is 9.49. The average Bonchev–Trinajstić information content (AvgIpc) is 2.88. The first-order chi connectivity index (χ1) is 14.8. The Morgan fingerprint density at radius 1 is 1.26 bits per heavy atom. The average molecular weight is 448 g/mol. The van der Waals surface area contributed by atoms with Crippen LogP contribution in [-0.2, 0) is 14.3 Å². The molecule has 1 heterocycles. The predicted molar refractivity (Wildman–Crippen MR) is 117 cm³/mol. The molecule has 31 heavy (non-hydrogen) atoms. The number of carbonyl (C=O) groups excluding carboxylic acids is 1. The minimum Gasteiger partial charge on any atom is -0.493 e. The van der Waals surface area contributed by atoms with E-state index < -0.39 is 12.1 Å². The van der Waals surface area contributed by atoms with E-state index in [4.69, 9.17) is 30.9 Å². The topological polar surface area (TPSA) is 85.3 Å². The minimum absolute atomic E-state index is 0.00789. The fourth-order valence-electron chi connectivity index (χ4n) is 3.79. The Balaban J connectivity index is 2.04. The number of anilines is 1. The number of para-hydroxylation sites is 1. The smallest absolute Gasteiger partial charge is 0.303 e. The molecule has 0 fully saturated rings. The van der Waals surface area contributed by atoms with Crippen LogP contribution in [0.2, 0.25) is 5.02 Å². The summed E-state index contributed by atoms with van der Waals surface area (Å²) in [6, 6.07) is 10.8. The van der Waals surface area contributed by atoms with E-state index in [0.29, 0.717) is 35.2 Å². The van der Waals surface area contributed by atoms with Crippen LogP contribution in [-0.4, -0.2) is 44.4 Å². The Morgan fingerprint density at radius 3 is 2.71 bits per heavy atom. The number of benzene rings is 2. The Morgan fingerprint density at radius 2 is 2.03 bits per heavy atom. The summed E-state index contributed by atoms with van der Waals surface area (Å²) < 4.78 is 17.1. The Labute approximate surface area is 186 Å². The maximum Gasteiger partial charge on any atom is 0.303 e. The van der Waals surface area contributed by atoms with E-state index in [-0.39, 0.29) is 24.9 Å². The molecular formula is C23H26ClNO6. The van der Waals surface area contributed by atoms with Gasteiger partial charge in [0.2, 0.25) is 0 Å². The number of ether oxygens (including phenoxy) is 3. The quantitative estimate of drug-likeness (QED) is 0.649. The summed E-state index contributed by atoms with van der Waals surface area (Å²) in [4.78, 5) is 25.6. The molecule has 2 atom stereocenters. The van der Waals surface area contributed by atoms with Gasteiger partial charge < -0.3 is 24.2 Å². The van der Waals surface area contributed by atoms with Gasteiger partial charge in [-0.15, -0.1) is 0 Å². The number of rotatable bonds is 8. The summed E-state index contributed by atoms with van der Waals surface area (Å²) in [6.07, 6.45) is -0.0747. The molecule has 1 N–H and O–H groups in total. The van der Waals surface area contributed by atoms with Gasteiger partial charge in [0, 0.05) is 34.8 Å². The number of hydrogen-bond donors (Lipinski definition) is 1. The van der Waals surface area contributed by atoms with Crippen molar-refractivity contribution in [2.45, 2.75) is 25.9 Å². The molecule has 0 saturated carbocycles. The van der Waals surface area contributed by atoms with Crippen molar-refractivity contribution in [2.24, 2.45) is 5.92 Å². The lowest BCUT2D eigenvalue weighted by Gasteiger charge is -2.26. The van der Waals surface area contributed by atoms with Crippen molar-refractivity contribution in [1.29, 1.82) is 0 Å². The number of methoxy groups -OCH3 is 2. The van der Waals surface area contributed by atoms with Crippen molar-refractivity contribution < 1.29 is 28.9 Å². The highest BCUT2D eigenvalue weighted by Crippen LogP contribution is 2.43. The molecule has 2 aromatic carbocycles. The molecule has 166 valence electrons. The van der Waals surface area contributed by atoms with Crippen LogP contribution in [0.3, 0.4) is 0 Å². The Hall–Kier alpha value is -2.77. The number of carbonyl (C=O) groups is 2. The fourth-order valence-corrected chi connectivity index (χ4v) is 3.97. The molecule has 1 aliphatic heterocycles. The third-order valence-corrected chi connectivity index (χ3v) is 5.53. The molecule has 7 nitrogen and oxygen atoms in total. The summed E-state index contributed by atoms with van der Waals surface area (Å²) in [7, 11) is 3.11. The van der Waals surface area contributed by atoms with Crippen LogP contribution in [0.4, 0.5) is 5.69 Å². The molecule has 1 amide bonds. The maximum absolute atomic E-state index is 13.0. The first-order valence-electron chi connectivity index (χ1n) is 9.99. The van der Waals surface area contributed by atoms with Gasteiger partial charge in [-0.2, -0.15) is 0 Å². The van der Waals surface area contributed by atoms with E-state index in [1.807, 2.05) is 19.1 Å². The first-order valence-corrected chi connectivity index (χ1v) is 10.4. The van der Waals surface area contributed by atoms with Gasteiger partial charge in [0.05, 0.1) is 14.2 Å². The highest BCUT2D eigenvalue weighted by molar-refractivity contribution is 6.30. The van der Waals surface area contributed by atoms with Crippen LogP contribution < -0.4 is 14.4 Å². The number of nitrogens with zero attached hydrogens (tertiary/aromatic N) is 1. The number of amides is 1. The molecule has 1 aliphatic rings. The van der Waals surface area contributed by atoms with Gasteiger partial charge in [-0.3, -0.25) is 9.59 Å². The summed E-state index contributed by atoms with van der Waals surface area (Å²) >= 11 is 6.31. The van der Waals surface area contributed by atoms with E-state index in [9.17, 15) is 9.59 Å². The zero-order valence-electron chi connectivity index (χ0n) is 17.8. The maximum atomic E-state index is 13.0. The minimum atomic E-state index is -0.852. The van der Waals surface area contributed by atoms with Crippen LogP contribution >= 0.6 is 11.6 Å². The normalized spacial score (nSPS) is 17.0. The molecule has 8 heteroatoms. The van der Waals surface area contributed by atoms with Crippen molar-refractivity contribution in [3.05, 3.63) is 52.5 Å². The first kappa shape index (κ1) is 22.9. The van der Waals surface area contributed by atoms with Crippen molar-refractivity contribution in [3.8, 4) is 11.5 Å². The van der Waals surface area contributed by atoms with Crippen LogP contribution in [0.5, 0.6) is 11.5 Å². The van der Waals surface area contributed by atoms with Gasteiger partial charge in [0.1, 0.15) is 12.7 Å². The van der Waals surface area contributed by atoms with E-state index in [2.05, 4.69) is 0 Å². The zero-order valence-corrected chi connectivity index (χ0v) is 18.5. The second kappa shape index (κ2) is 10.0. The van der Waals surface area contributed by atoms with E-state index >= 15 is 0 Å². The van der Waals surface area contributed by atoms with Gasteiger partial charge in [0.25, 0.3) is 5.91 Å². The second-order valence-corrected chi connectivity index (χ2v) is 7.96. The molecule has 2 unspecified atom stereocenters.